The van der Waals surface area contributed by atoms with Crippen molar-refractivity contribution in [2.45, 2.75) is 58.9 Å². The van der Waals surface area contributed by atoms with E-state index in [1.165, 1.54) is 28.0 Å². The third kappa shape index (κ3) is 3.87. The fourth-order valence-electron chi connectivity index (χ4n) is 3.89. The standard InChI is InChI=1S/C22H25N3O2S/c1-13-7-8-15(14(2)11-13)12-23-19(26)10-9-18-24-21(27)20-16-5-3-4-6-17(16)28-22(20)25-18/h7-8,11H,3-6,9-10,12H2,1-2H3,(H,23,26)(H,24,25,27). The van der Waals surface area contributed by atoms with Crippen molar-refractivity contribution in [3.05, 3.63) is 61.5 Å². The monoisotopic (exact) mass is 395 g/mol. The number of carbonyl (C=O) groups excluding carboxylic acids is 1. The Morgan fingerprint density at radius 2 is 2.07 bits per heavy atom. The molecule has 146 valence electrons. The zero-order valence-electron chi connectivity index (χ0n) is 16.4. The van der Waals surface area contributed by atoms with E-state index >= 15 is 0 Å². The second-order valence-corrected chi connectivity index (χ2v) is 8.69. The maximum Gasteiger partial charge on any atom is 0.259 e. The first-order valence-corrected chi connectivity index (χ1v) is 10.7. The molecule has 6 heteroatoms. The average molecular weight is 396 g/mol. The van der Waals surface area contributed by atoms with E-state index in [2.05, 4.69) is 47.3 Å². The van der Waals surface area contributed by atoms with Gasteiger partial charge in [0.1, 0.15) is 10.7 Å². The number of nitrogens with zero attached hydrogens (tertiary/aromatic N) is 1. The Hall–Kier alpha value is -2.47. The van der Waals surface area contributed by atoms with Crippen LogP contribution in [0.4, 0.5) is 0 Å². The third-order valence-electron chi connectivity index (χ3n) is 5.44. The number of benzene rings is 1. The van der Waals surface area contributed by atoms with E-state index in [-0.39, 0.29) is 11.5 Å². The quantitative estimate of drug-likeness (QED) is 0.691. The maximum absolute atomic E-state index is 12.6. The van der Waals surface area contributed by atoms with E-state index in [4.69, 9.17) is 0 Å². The van der Waals surface area contributed by atoms with E-state index in [0.717, 1.165) is 35.0 Å². The van der Waals surface area contributed by atoms with Crippen LogP contribution < -0.4 is 10.9 Å². The zero-order valence-corrected chi connectivity index (χ0v) is 17.2. The number of aromatic amines is 1. The smallest absolute Gasteiger partial charge is 0.259 e. The van der Waals surface area contributed by atoms with Crippen LogP contribution in [0.3, 0.4) is 0 Å². The van der Waals surface area contributed by atoms with Crippen molar-refractivity contribution in [2.75, 3.05) is 0 Å². The van der Waals surface area contributed by atoms with Gasteiger partial charge in [-0.15, -0.1) is 11.3 Å². The highest BCUT2D eigenvalue weighted by Crippen LogP contribution is 2.33. The lowest BCUT2D eigenvalue weighted by atomic mass is 9.97. The molecule has 0 fully saturated rings. The van der Waals surface area contributed by atoms with Crippen molar-refractivity contribution in [3.63, 3.8) is 0 Å². The summed E-state index contributed by atoms with van der Waals surface area (Å²) in [6.45, 7) is 4.63. The van der Waals surface area contributed by atoms with Gasteiger partial charge in [-0.1, -0.05) is 23.8 Å². The van der Waals surface area contributed by atoms with Gasteiger partial charge in [-0.3, -0.25) is 9.59 Å². The number of carbonyl (C=O) groups is 1. The Morgan fingerprint density at radius 1 is 1.25 bits per heavy atom. The van der Waals surface area contributed by atoms with Gasteiger partial charge in [0.05, 0.1) is 5.39 Å². The van der Waals surface area contributed by atoms with Gasteiger partial charge < -0.3 is 10.3 Å². The van der Waals surface area contributed by atoms with Crippen molar-refractivity contribution in [2.24, 2.45) is 0 Å². The molecule has 2 N–H and O–H groups in total. The van der Waals surface area contributed by atoms with Crippen LogP contribution in [0.1, 0.15) is 52.2 Å². The van der Waals surface area contributed by atoms with Gasteiger partial charge in [0.15, 0.2) is 0 Å². The number of hydrogen-bond donors (Lipinski definition) is 2. The molecule has 0 spiro atoms. The SMILES string of the molecule is Cc1ccc(CNC(=O)CCc2nc3sc4c(c3c(=O)[nH]2)CCCC4)c(C)c1. The zero-order chi connectivity index (χ0) is 19.7. The van der Waals surface area contributed by atoms with Crippen LogP contribution in [0, 0.1) is 13.8 Å². The van der Waals surface area contributed by atoms with Crippen molar-refractivity contribution in [3.8, 4) is 0 Å². The molecule has 1 amide bonds. The summed E-state index contributed by atoms with van der Waals surface area (Å²) in [7, 11) is 0. The number of aryl methyl sites for hydroxylation is 5. The predicted molar refractivity (Wildman–Crippen MR) is 113 cm³/mol. The van der Waals surface area contributed by atoms with Gasteiger partial charge in [-0.25, -0.2) is 4.98 Å². The molecule has 2 aromatic heterocycles. The number of nitrogens with one attached hydrogen (secondary N) is 2. The highest BCUT2D eigenvalue weighted by atomic mass is 32.1. The summed E-state index contributed by atoms with van der Waals surface area (Å²) in [5.41, 5.74) is 4.65. The lowest BCUT2D eigenvalue weighted by molar-refractivity contribution is -0.121. The Kier molecular flexibility index (Phi) is 5.31. The Morgan fingerprint density at radius 3 is 2.89 bits per heavy atom. The number of rotatable bonds is 5. The first-order valence-electron chi connectivity index (χ1n) is 9.87. The molecule has 1 aromatic carbocycles. The van der Waals surface area contributed by atoms with E-state index in [1.807, 2.05) is 0 Å². The second kappa shape index (κ2) is 7.87. The van der Waals surface area contributed by atoms with E-state index in [9.17, 15) is 9.59 Å². The maximum atomic E-state index is 12.6. The molecule has 0 aliphatic heterocycles. The molecule has 5 nitrogen and oxygen atoms in total. The van der Waals surface area contributed by atoms with E-state index in [1.54, 1.807) is 11.3 Å². The Bertz CT molecular complexity index is 1100. The minimum atomic E-state index is -0.0601. The molecule has 1 aliphatic rings. The summed E-state index contributed by atoms with van der Waals surface area (Å²) >= 11 is 1.64. The number of amides is 1. The highest BCUT2D eigenvalue weighted by molar-refractivity contribution is 7.18. The summed E-state index contributed by atoms with van der Waals surface area (Å²) in [6, 6.07) is 6.22. The van der Waals surface area contributed by atoms with Crippen LogP contribution in [-0.2, 0) is 30.6 Å². The molecular formula is C22H25N3O2S. The second-order valence-electron chi connectivity index (χ2n) is 7.61. The molecule has 0 radical (unpaired) electrons. The molecule has 0 atom stereocenters. The normalized spacial score (nSPS) is 13.5. The van der Waals surface area contributed by atoms with Crippen LogP contribution >= 0.6 is 11.3 Å². The first kappa shape index (κ1) is 18.9. The number of H-pyrrole nitrogens is 1. The van der Waals surface area contributed by atoms with Crippen LogP contribution in [0.25, 0.3) is 10.2 Å². The lowest BCUT2D eigenvalue weighted by Crippen LogP contribution is -2.24. The fourth-order valence-corrected chi connectivity index (χ4v) is 5.17. The van der Waals surface area contributed by atoms with Gasteiger partial charge in [0.2, 0.25) is 5.91 Å². The first-order chi connectivity index (χ1) is 13.5. The minimum Gasteiger partial charge on any atom is -0.352 e. The molecular weight excluding hydrogens is 370 g/mol. The largest absolute Gasteiger partial charge is 0.352 e. The molecule has 0 bridgehead atoms. The summed E-state index contributed by atoms with van der Waals surface area (Å²) in [6.07, 6.45) is 5.09. The van der Waals surface area contributed by atoms with Crippen molar-refractivity contribution >= 4 is 27.5 Å². The lowest BCUT2D eigenvalue weighted by Gasteiger charge is -2.09. The van der Waals surface area contributed by atoms with E-state index in [0.29, 0.717) is 25.2 Å². The molecule has 2 heterocycles. The average Bonchev–Trinajstić information content (AvgIpc) is 3.04. The topological polar surface area (TPSA) is 74.8 Å². The van der Waals surface area contributed by atoms with Crippen LogP contribution in [0.2, 0.25) is 0 Å². The number of fused-ring (bicyclic) bond motifs is 3. The predicted octanol–water partition coefficient (Wildman–Crippen LogP) is 3.73. The van der Waals surface area contributed by atoms with Gasteiger partial charge >= 0.3 is 0 Å². The summed E-state index contributed by atoms with van der Waals surface area (Å²) in [5.74, 6) is 0.561. The molecule has 0 unspecified atom stereocenters. The summed E-state index contributed by atoms with van der Waals surface area (Å²) < 4.78 is 0. The van der Waals surface area contributed by atoms with Gasteiger partial charge in [0, 0.05) is 24.3 Å². The molecule has 0 saturated carbocycles. The number of hydrogen-bond acceptors (Lipinski definition) is 4. The highest BCUT2D eigenvalue weighted by Gasteiger charge is 2.19. The van der Waals surface area contributed by atoms with Gasteiger partial charge in [-0.05, 0) is 56.2 Å². The Labute approximate surface area is 168 Å². The third-order valence-corrected chi connectivity index (χ3v) is 6.62. The summed E-state index contributed by atoms with van der Waals surface area (Å²) in [4.78, 5) is 34.5. The van der Waals surface area contributed by atoms with E-state index < -0.39 is 0 Å². The molecule has 3 aromatic rings. The molecule has 4 rings (SSSR count). The van der Waals surface area contributed by atoms with Gasteiger partial charge in [0.25, 0.3) is 5.56 Å². The fraction of sp³-hybridized carbons (Fsp3) is 0.409. The minimum absolute atomic E-state index is 0.0341. The molecule has 0 saturated heterocycles. The number of thiophene rings is 1. The molecule has 1 aliphatic carbocycles. The number of aromatic nitrogens is 2. The van der Waals surface area contributed by atoms with Gasteiger partial charge in [-0.2, -0.15) is 0 Å². The van der Waals surface area contributed by atoms with Crippen LogP contribution in [0.5, 0.6) is 0 Å². The Balaban J connectivity index is 1.41. The van der Waals surface area contributed by atoms with Crippen molar-refractivity contribution in [1.82, 2.24) is 15.3 Å². The van der Waals surface area contributed by atoms with Crippen LogP contribution in [0.15, 0.2) is 23.0 Å². The van der Waals surface area contributed by atoms with Crippen molar-refractivity contribution in [1.29, 1.82) is 0 Å². The van der Waals surface area contributed by atoms with Crippen LogP contribution in [-0.4, -0.2) is 15.9 Å². The van der Waals surface area contributed by atoms with Crippen molar-refractivity contribution < 1.29 is 4.79 Å². The molecule has 28 heavy (non-hydrogen) atoms. The summed E-state index contributed by atoms with van der Waals surface area (Å²) in [5, 5.41) is 3.73.